The fourth-order valence-electron chi connectivity index (χ4n) is 12.7. The lowest BCUT2D eigenvalue weighted by Crippen LogP contribution is -2.49. The third kappa shape index (κ3) is 17.4. The second-order valence-corrected chi connectivity index (χ2v) is 24.6. The molecule has 486 valence electrons. The molecule has 2 aromatic carbocycles. The highest BCUT2D eigenvalue weighted by atomic mass is 35.5. The third-order valence-electron chi connectivity index (χ3n) is 17.8. The fraction of sp³-hybridized carbons (Fsp3) is 0.597. The predicted molar refractivity (Wildman–Crippen MR) is 351 cm³/mol. The number of nitrogens with zero attached hydrogens (tertiary/aromatic N) is 12. The summed E-state index contributed by atoms with van der Waals surface area (Å²) in [6, 6.07) is 13.1. The summed E-state index contributed by atoms with van der Waals surface area (Å²) in [6.45, 7) is 37.0. The van der Waals surface area contributed by atoms with Crippen LogP contribution in [0.25, 0.3) is 33.4 Å². The fourth-order valence-corrected chi connectivity index (χ4v) is 13.0. The van der Waals surface area contributed by atoms with Crippen LogP contribution in [0.1, 0.15) is 162 Å². The number of hydrogen-bond acceptors (Lipinski definition) is 15. The molecule has 89 heavy (non-hydrogen) atoms. The van der Waals surface area contributed by atoms with Gasteiger partial charge in [-0.3, -0.25) is 14.8 Å². The summed E-state index contributed by atoms with van der Waals surface area (Å²) in [5.41, 5.74) is 5.52. The number of carbonyl (C=O) groups is 2. The van der Waals surface area contributed by atoms with Crippen LogP contribution in [0.2, 0.25) is 5.02 Å². The van der Waals surface area contributed by atoms with Crippen molar-refractivity contribution in [3.8, 4) is 11.4 Å². The number of pyridine rings is 2. The second-order valence-electron chi connectivity index (χ2n) is 24.3. The van der Waals surface area contributed by atoms with E-state index in [4.69, 9.17) is 26.2 Å². The Morgan fingerprint density at radius 3 is 1.55 bits per heavy atom. The summed E-state index contributed by atoms with van der Waals surface area (Å²) >= 11 is 6.43. The molecule has 4 aromatic heterocycles. The number of aromatic carboxylic acids is 2. The van der Waals surface area contributed by atoms with Crippen molar-refractivity contribution in [2.24, 2.45) is 4.99 Å². The van der Waals surface area contributed by atoms with Gasteiger partial charge >= 0.3 is 11.9 Å². The van der Waals surface area contributed by atoms with E-state index in [1.807, 2.05) is 20.8 Å². The molecule has 5 fully saturated rings. The Kier molecular flexibility index (Phi) is 25.6. The Bertz CT molecular complexity index is 3250. The molecule has 0 amide bonds. The van der Waals surface area contributed by atoms with Gasteiger partial charge in [-0.15, -0.1) is 0 Å². The summed E-state index contributed by atoms with van der Waals surface area (Å²) in [5, 5.41) is 34.0. The topological polar surface area (TPSA) is 195 Å². The van der Waals surface area contributed by atoms with Crippen LogP contribution in [0, 0.1) is 25.5 Å². The number of benzene rings is 2. The minimum atomic E-state index is -1.16. The first-order chi connectivity index (χ1) is 42.9. The SMILES string of the molecule is C1CC(N2CCOCC2)CCN1.C1CCC2=NCCCN2CC1.CCN(CC)CC.Cc1c(C(=O)O)nc2c(c(C(C)C)nn2-c2ccc(F)cc2)c1Cl.Cc1c(C(=O)O)nc2c(c(C(C)C)nn2-c2ccc(F)cc2)c1N1CCC(N2CCOCC2)CC1. The van der Waals surface area contributed by atoms with E-state index in [9.17, 15) is 28.6 Å². The number of nitrogens with one attached hydrogen (secondary N) is 1. The standard InChI is InChI=1S/C26H32FN5O3.C17H15ClFN3O2.C9H18N2O.C9H16N2.C6H15N/c1-16(2)22-21-24(31-10-8-19(9-11-31)30-12-14-35-15-13-30)17(3)23(26(33)34)28-25(21)32(29-22)20-6-4-18(27)5-7-20;1-8(2)14-12-13(18)9(3)15(17(23)24)20-16(12)22(21-14)11-6-4-10(19)5-7-11;1-3-10-4-2-9(1)11-5-7-12-8-6-11;1-2-5-9-10-6-4-8-11(9)7-3-1;1-4-7(5-2)6-3/h4-7,16,19H,8-15H2,1-3H3,(H,33,34);4-8H,1-3H3,(H,23,24);9-10H,1-8H2;1-8H2;4-6H2,1-3H3. The Morgan fingerprint density at radius 2 is 1.08 bits per heavy atom. The van der Waals surface area contributed by atoms with Gasteiger partial charge in [-0.1, -0.05) is 66.5 Å². The number of aromatic nitrogens is 6. The Hall–Kier alpha value is -6.20. The van der Waals surface area contributed by atoms with E-state index in [0.29, 0.717) is 55.9 Å². The minimum absolute atomic E-state index is 0.0290. The number of carboxylic acids is 2. The van der Waals surface area contributed by atoms with Gasteiger partial charge in [0.25, 0.3) is 0 Å². The summed E-state index contributed by atoms with van der Waals surface area (Å²) in [4.78, 5) is 49.3. The van der Waals surface area contributed by atoms with Gasteiger partial charge < -0.3 is 39.7 Å². The van der Waals surface area contributed by atoms with E-state index in [1.54, 1.807) is 35.9 Å². The van der Waals surface area contributed by atoms with Gasteiger partial charge in [-0.25, -0.2) is 37.7 Å². The number of aliphatic imine (C=N–C) groups is 1. The zero-order valence-corrected chi connectivity index (χ0v) is 54.8. The van der Waals surface area contributed by atoms with E-state index in [-0.39, 0.29) is 34.9 Å². The highest BCUT2D eigenvalue weighted by molar-refractivity contribution is 6.36. The first-order valence-corrected chi connectivity index (χ1v) is 32.9. The molecule has 0 saturated carbocycles. The first-order valence-electron chi connectivity index (χ1n) is 32.5. The van der Waals surface area contributed by atoms with Crippen LogP contribution in [0.3, 0.4) is 0 Å². The molecule has 6 aliphatic rings. The smallest absolute Gasteiger partial charge is 0.354 e. The summed E-state index contributed by atoms with van der Waals surface area (Å²) in [6.07, 6.45) is 11.3. The molecule has 6 aliphatic heterocycles. The molecule has 19 nitrogen and oxygen atoms in total. The van der Waals surface area contributed by atoms with Gasteiger partial charge in [-0.2, -0.15) is 10.2 Å². The molecule has 10 heterocycles. The van der Waals surface area contributed by atoms with Gasteiger partial charge in [-0.05, 0) is 152 Å². The van der Waals surface area contributed by atoms with E-state index >= 15 is 0 Å². The number of carboxylic acid groups (broad SMARTS) is 2. The molecule has 0 spiro atoms. The third-order valence-corrected chi connectivity index (χ3v) is 18.3. The molecule has 3 N–H and O–H groups in total. The van der Waals surface area contributed by atoms with Crippen LogP contribution in [0.15, 0.2) is 53.5 Å². The number of morpholine rings is 2. The van der Waals surface area contributed by atoms with Gasteiger partial charge in [0.2, 0.25) is 0 Å². The highest BCUT2D eigenvalue weighted by Gasteiger charge is 2.33. The first kappa shape index (κ1) is 68.7. The summed E-state index contributed by atoms with van der Waals surface area (Å²) in [7, 11) is 0. The van der Waals surface area contributed by atoms with Crippen molar-refractivity contribution in [3.05, 3.63) is 99.1 Å². The second kappa shape index (κ2) is 33.2. The van der Waals surface area contributed by atoms with E-state index in [0.717, 1.165) is 108 Å². The van der Waals surface area contributed by atoms with Crippen molar-refractivity contribution < 1.29 is 38.1 Å². The molecule has 0 radical (unpaired) electrons. The van der Waals surface area contributed by atoms with Crippen LogP contribution in [-0.2, 0) is 9.47 Å². The lowest BCUT2D eigenvalue weighted by atomic mass is 9.98. The van der Waals surface area contributed by atoms with Crippen molar-refractivity contribution >= 4 is 57.1 Å². The maximum absolute atomic E-state index is 13.6. The average Bonchev–Trinajstić information content (AvgIpc) is 1.80. The molecule has 22 heteroatoms. The number of fused-ring (bicyclic) bond motifs is 3. The largest absolute Gasteiger partial charge is 0.477 e. The van der Waals surface area contributed by atoms with E-state index in [2.05, 4.69) is 84.5 Å². The molecule has 0 bridgehead atoms. The van der Waals surface area contributed by atoms with Gasteiger partial charge in [0.15, 0.2) is 22.7 Å². The van der Waals surface area contributed by atoms with Crippen molar-refractivity contribution in [3.63, 3.8) is 0 Å². The number of piperidine rings is 2. The van der Waals surface area contributed by atoms with Crippen LogP contribution < -0.4 is 10.2 Å². The molecule has 6 aromatic rings. The minimum Gasteiger partial charge on any atom is -0.477 e. The molecule has 0 aliphatic carbocycles. The lowest BCUT2D eigenvalue weighted by Gasteiger charge is -2.41. The zero-order chi connectivity index (χ0) is 63.7. The molecule has 5 saturated heterocycles. The van der Waals surface area contributed by atoms with Crippen molar-refractivity contribution in [1.29, 1.82) is 0 Å². The van der Waals surface area contributed by atoms with Gasteiger partial charge in [0.05, 0.1) is 76.5 Å². The summed E-state index contributed by atoms with van der Waals surface area (Å²) < 4.78 is 40.8. The van der Waals surface area contributed by atoms with Gasteiger partial charge in [0, 0.05) is 88.5 Å². The molecule has 0 unspecified atom stereocenters. The summed E-state index contributed by atoms with van der Waals surface area (Å²) in [5.74, 6) is -1.38. The number of halogens is 3. The highest BCUT2D eigenvalue weighted by Crippen LogP contribution is 2.40. The van der Waals surface area contributed by atoms with Crippen molar-refractivity contribution in [2.45, 2.75) is 144 Å². The number of hydrogen-bond donors (Lipinski definition) is 3. The number of amidine groups is 1. The van der Waals surface area contributed by atoms with E-state index < -0.39 is 11.9 Å². The zero-order valence-electron chi connectivity index (χ0n) is 54.0. The van der Waals surface area contributed by atoms with Crippen molar-refractivity contribution in [2.75, 3.05) is 123 Å². The monoisotopic (exact) mass is 1250 g/mol. The maximum Gasteiger partial charge on any atom is 0.354 e. The van der Waals surface area contributed by atoms with Crippen LogP contribution in [0.4, 0.5) is 14.5 Å². The van der Waals surface area contributed by atoms with Crippen LogP contribution in [-0.4, -0.2) is 207 Å². The molecule has 0 atom stereocenters. The maximum atomic E-state index is 13.6. The number of ether oxygens (including phenoxy) is 2. The molecular formula is C67H96ClF2N13O6. The van der Waals surface area contributed by atoms with E-state index in [1.165, 1.54) is 126 Å². The number of rotatable bonds is 12. The molecule has 12 rings (SSSR count). The Labute approximate surface area is 529 Å². The lowest BCUT2D eigenvalue weighted by molar-refractivity contribution is 0.0101. The van der Waals surface area contributed by atoms with Crippen molar-refractivity contribution in [1.82, 2.24) is 54.4 Å². The average molecular weight is 1250 g/mol. The van der Waals surface area contributed by atoms with Crippen LogP contribution in [0.5, 0.6) is 0 Å². The Balaban J connectivity index is 0.000000162. The van der Waals surface area contributed by atoms with Crippen LogP contribution >= 0.6 is 11.6 Å². The number of anilines is 1. The molecular weight excluding hydrogens is 1160 g/mol. The van der Waals surface area contributed by atoms with Gasteiger partial charge in [0.1, 0.15) is 11.6 Å². The normalized spacial score (nSPS) is 18.0. The quantitative estimate of drug-likeness (QED) is 0.105. The Morgan fingerprint density at radius 1 is 0.618 bits per heavy atom. The predicted octanol–water partition coefficient (Wildman–Crippen LogP) is 11.4.